The Balaban J connectivity index is 2.57. The molecule has 0 saturated carbocycles. The van der Waals surface area contributed by atoms with Crippen molar-refractivity contribution in [1.29, 1.82) is 0 Å². The molecule has 0 radical (unpaired) electrons. The number of nitrogens with zero attached hydrogens (tertiary/aromatic N) is 1. The van der Waals surface area contributed by atoms with E-state index in [0.717, 1.165) is 38.3 Å². The highest BCUT2D eigenvalue weighted by atomic mass is 32.2. The average Bonchev–Trinajstić information content (AvgIpc) is 2.47. The molecule has 0 unspecified atom stereocenters. The summed E-state index contributed by atoms with van der Waals surface area (Å²) in [5.41, 5.74) is 6.89. The van der Waals surface area contributed by atoms with E-state index in [2.05, 4.69) is 28.8 Å². The molecule has 1 aromatic rings. The van der Waals surface area contributed by atoms with Crippen LogP contribution in [-0.4, -0.2) is 46.5 Å². The van der Waals surface area contributed by atoms with Crippen LogP contribution in [0.1, 0.15) is 20.3 Å². The molecule has 0 spiro atoms. The minimum absolute atomic E-state index is 0.110. The van der Waals surface area contributed by atoms with Crippen LogP contribution in [0.5, 0.6) is 0 Å². The van der Waals surface area contributed by atoms with Gasteiger partial charge in [0.05, 0.1) is 5.69 Å². The van der Waals surface area contributed by atoms with E-state index >= 15 is 0 Å². The van der Waals surface area contributed by atoms with Crippen molar-refractivity contribution in [2.45, 2.75) is 25.2 Å². The Morgan fingerprint density at radius 2 is 1.90 bits per heavy atom. The summed E-state index contributed by atoms with van der Waals surface area (Å²) in [6.07, 6.45) is 1.03. The van der Waals surface area contributed by atoms with Gasteiger partial charge in [-0.1, -0.05) is 13.8 Å². The fourth-order valence-corrected chi connectivity index (χ4v) is 2.92. The number of rotatable bonds is 9. The van der Waals surface area contributed by atoms with Crippen LogP contribution < -0.4 is 15.8 Å². The maximum absolute atomic E-state index is 11.7. The Kier molecular flexibility index (Phi) is 6.94. The van der Waals surface area contributed by atoms with Gasteiger partial charge in [0, 0.05) is 12.2 Å². The second-order valence-corrected chi connectivity index (χ2v) is 6.62. The zero-order valence-electron chi connectivity index (χ0n) is 13.0. The maximum atomic E-state index is 11.7. The van der Waals surface area contributed by atoms with Crippen LogP contribution in [-0.2, 0) is 10.0 Å². The first kappa shape index (κ1) is 17.7. The van der Waals surface area contributed by atoms with Gasteiger partial charge in [-0.05, 0) is 51.3 Å². The Morgan fingerprint density at radius 3 is 2.43 bits per heavy atom. The van der Waals surface area contributed by atoms with Crippen LogP contribution >= 0.6 is 0 Å². The lowest BCUT2D eigenvalue weighted by atomic mass is 10.2. The largest absolute Gasteiger partial charge is 0.398 e. The van der Waals surface area contributed by atoms with Gasteiger partial charge in [0.25, 0.3) is 0 Å². The first-order valence-corrected chi connectivity index (χ1v) is 8.72. The summed E-state index contributed by atoms with van der Waals surface area (Å²) in [7, 11) is -2.13. The summed E-state index contributed by atoms with van der Waals surface area (Å²) < 4.78 is 25.7. The number of nitrogen functional groups attached to an aromatic ring is 1. The van der Waals surface area contributed by atoms with Crippen LogP contribution in [0.15, 0.2) is 23.1 Å². The van der Waals surface area contributed by atoms with E-state index in [-0.39, 0.29) is 10.6 Å². The predicted molar refractivity (Wildman–Crippen MR) is 88.0 cm³/mol. The highest BCUT2D eigenvalue weighted by Gasteiger charge is 2.15. The molecule has 0 bridgehead atoms. The van der Waals surface area contributed by atoms with Gasteiger partial charge in [-0.25, -0.2) is 13.1 Å². The molecule has 0 saturated heterocycles. The fourth-order valence-electron chi connectivity index (χ4n) is 2.09. The lowest BCUT2D eigenvalue weighted by molar-refractivity contribution is 0.303. The minimum Gasteiger partial charge on any atom is -0.398 e. The Hall–Kier alpha value is -1.31. The van der Waals surface area contributed by atoms with E-state index in [4.69, 9.17) is 5.73 Å². The van der Waals surface area contributed by atoms with Crippen LogP contribution in [0.3, 0.4) is 0 Å². The molecule has 0 aliphatic heterocycles. The number of hydrogen-bond donors (Lipinski definition) is 3. The SMILES string of the molecule is CCN(CC)CCCNc1ccc(S(=O)(=O)NC)c(N)c1. The van der Waals surface area contributed by atoms with Gasteiger partial charge in [-0.15, -0.1) is 0 Å². The second kappa shape index (κ2) is 8.21. The van der Waals surface area contributed by atoms with Crippen molar-refractivity contribution in [2.24, 2.45) is 0 Å². The highest BCUT2D eigenvalue weighted by Crippen LogP contribution is 2.22. The van der Waals surface area contributed by atoms with Crippen molar-refractivity contribution in [3.63, 3.8) is 0 Å². The lowest BCUT2D eigenvalue weighted by Gasteiger charge is -2.18. The first-order valence-electron chi connectivity index (χ1n) is 7.23. The third-order valence-corrected chi connectivity index (χ3v) is 4.93. The van der Waals surface area contributed by atoms with Crippen LogP contribution in [0.4, 0.5) is 11.4 Å². The second-order valence-electron chi connectivity index (χ2n) is 4.77. The molecule has 0 aliphatic carbocycles. The molecule has 6 nitrogen and oxygen atoms in total. The molecular weight excluding hydrogens is 288 g/mol. The van der Waals surface area contributed by atoms with Crippen molar-refractivity contribution in [2.75, 3.05) is 44.3 Å². The zero-order valence-corrected chi connectivity index (χ0v) is 13.8. The van der Waals surface area contributed by atoms with E-state index in [0.29, 0.717) is 0 Å². The minimum atomic E-state index is -3.50. The molecule has 0 aliphatic rings. The van der Waals surface area contributed by atoms with Crippen LogP contribution in [0.2, 0.25) is 0 Å². The summed E-state index contributed by atoms with van der Waals surface area (Å²) in [4.78, 5) is 2.47. The predicted octanol–water partition coefficient (Wildman–Crippen LogP) is 1.32. The fraction of sp³-hybridized carbons (Fsp3) is 0.571. The molecule has 1 rings (SSSR count). The molecular formula is C14H26N4O2S. The smallest absolute Gasteiger partial charge is 0.242 e. The number of nitrogens with one attached hydrogen (secondary N) is 2. The molecule has 21 heavy (non-hydrogen) atoms. The van der Waals surface area contributed by atoms with Crippen molar-refractivity contribution < 1.29 is 8.42 Å². The van der Waals surface area contributed by atoms with Gasteiger partial charge < -0.3 is 16.0 Å². The Labute approximate surface area is 127 Å². The Morgan fingerprint density at radius 1 is 1.24 bits per heavy atom. The van der Waals surface area contributed by atoms with Crippen molar-refractivity contribution in [3.05, 3.63) is 18.2 Å². The van der Waals surface area contributed by atoms with Crippen molar-refractivity contribution >= 4 is 21.4 Å². The van der Waals surface area contributed by atoms with Gasteiger partial charge in [0.2, 0.25) is 10.0 Å². The molecule has 7 heteroatoms. The molecule has 0 aromatic heterocycles. The summed E-state index contributed by atoms with van der Waals surface area (Å²) in [6.45, 7) is 8.28. The quantitative estimate of drug-likeness (QED) is 0.473. The molecule has 1 aromatic carbocycles. The van der Waals surface area contributed by atoms with Gasteiger partial charge in [-0.2, -0.15) is 0 Å². The molecule has 0 amide bonds. The van der Waals surface area contributed by atoms with Crippen molar-refractivity contribution in [3.8, 4) is 0 Å². The van der Waals surface area contributed by atoms with E-state index in [1.165, 1.54) is 13.1 Å². The van der Waals surface area contributed by atoms with Gasteiger partial charge >= 0.3 is 0 Å². The normalized spacial score (nSPS) is 11.8. The van der Waals surface area contributed by atoms with Gasteiger partial charge in [0.1, 0.15) is 4.90 Å². The molecule has 0 fully saturated rings. The highest BCUT2D eigenvalue weighted by molar-refractivity contribution is 7.89. The van der Waals surface area contributed by atoms with Gasteiger partial charge in [-0.3, -0.25) is 0 Å². The number of hydrogen-bond acceptors (Lipinski definition) is 5. The number of sulfonamides is 1. The molecule has 0 atom stereocenters. The third-order valence-electron chi connectivity index (χ3n) is 3.44. The summed E-state index contributed by atoms with van der Waals surface area (Å²) >= 11 is 0. The Bertz CT molecular complexity index is 542. The van der Waals surface area contributed by atoms with Crippen molar-refractivity contribution in [1.82, 2.24) is 9.62 Å². The topological polar surface area (TPSA) is 87.5 Å². The van der Waals surface area contributed by atoms with E-state index in [9.17, 15) is 8.42 Å². The zero-order chi connectivity index (χ0) is 15.9. The van der Waals surface area contributed by atoms with E-state index < -0.39 is 10.0 Å². The monoisotopic (exact) mass is 314 g/mol. The van der Waals surface area contributed by atoms with Gasteiger partial charge in [0.15, 0.2) is 0 Å². The van der Waals surface area contributed by atoms with Crippen LogP contribution in [0, 0.1) is 0 Å². The summed E-state index contributed by atoms with van der Waals surface area (Å²) in [5.74, 6) is 0. The number of benzene rings is 1. The molecule has 0 heterocycles. The lowest BCUT2D eigenvalue weighted by Crippen LogP contribution is -2.25. The number of nitrogens with two attached hydrogens (primary N) is 1. The maximum Gasteiger partial charge on any atom is 0.242 e. The average molecular weight is 314 g/mol. The number of anilines is 2. The summed E-state index contributed by atoms with van der Waals surface area (Å²) in [6, 6.07) is 4.91. The van der Waals surface area contributed by atoms with E-state index in [1.807, 2.05) is 0 Å². The first-order chi connectivity index (χ1) is 9.94. The van der Waals surface area contributed by atoms with E-state index in [1.54, 1.807) is 12.1 Å². The molecule has 120 valence electrons. The van der Waals surface area contributed by atoms with Crippen LogP contribution in [0.25, 0.3) is 0 Å². The summed E-state index contributed by atoms with van der Waals surface area (Å²) in [5, 5.41) is 3.26. The third kappa shape index (κ3) is 5.18. The standard InChI is InChI=1S/C14H26N4O2S/c1-4-18(5-2)10-6-9-17-12-7-8-14(13(15)11-12)21(19,20)16-3/h7-8,11,16-17H,4-6,9-10,15H2,1-3H3. The molecule has 4 N–H and O–H groups in total.